The van der Waals surface area contributed by atoms with Gasteiger partial charge in [-0.05, 0) is 40.7 Å². The van der Waals surface area contributed by atoms with Crippen LogP contribution in [0, 0.1) is 5.92 Å². The predicted octanol–water partition coefficient (Wildman–Crippen LogP) is 6.17. The summed E-state index contributed by atoms with van der Waals surface area (Å²) >= 11 is 0. The van der Waals surface area contributed by atoms with Gasteiger partial charge in [-0.15, -0.1) is 0 Å². The quantitative estimate of drug-likeness (QED) is 0.379. The Morgan fingerprint density at radius 3 is 2.70 bits per heavy atom. The zero-order valence-corrected chi connectivity index (χ0v) is 19.8. The minimum atomic E-state index is -0.399. The van der Waals surface area contributed by atoms with Gasteiger partial charge in [-0.1, -0.05) is 58.0 Å². The van der Waals surface area contributed by atoms with Crippen LogP contribution in [0.15, 0.2) is 48.5 Å². The van der Waals surface area contributed by atoms with Crippen LogP contribution in [0.25, 0.3) is 21.8 Å². The Kier molecular flexibility index (Phi) is 4.20. The molecule has 2 aliphatic rings. The molecule has 33 heavy (non-hydrogen) atoms. The summed E-state index contributed by atoms with van der Waals surface area (Å²) < 4.78 is 7.47. The van der Waals surface area contributed by atoms with E-state index in [9.17, 15) is 4.79 Å². The number of aromatic nitrogens is 2. The summed E-state index contributed by atoms with van der Waals surface area (Å²) in [6.07, 6.45) is 0. The number of nitrogens with zero attached hydrogens (tertiary/aromatic N) is 2. The Balaban J connectivity index is 1.64. The third-order valence-electron chi connectivity index (χ3n) is 7.89. The number of hydrogen-bond acceptors (Lipinski definition) is 4. The number of carbonyl (C=O) groups is 1. The zero-order chi connectivity index (χ0) is 23.1. The van der Waals surface area contributed by atoms with Gasteiger partial charge in [-0.2, -0.15) is 0 Å². The number of para-hydroxylation sites is 1. The first kappa shape index (κ1) is 20.3. The first-order valence-electron chi connectivity index (χ1n) is 11.7. The van der Waals surface area contributed by atoms with Crippen molar-refractivity contribution in [3.63, 3.8) is 0 Å². The maximum absolute atomic E-state index is 12.6. The molecular weight excluding hydrogens is 410 g/mol. The molecule has 2 unspecified atom stereocenters. The van der Waals surface area contributed by atoms with Gasteiger partial charge in [0.05, 0.1) is 24.4 Å². The van der Waals surface area contributed by atoms with E-state index in [0.717, 1.165) is 34.2 Å². The average molecular weight is 440 g/mol. The molecule has 5 heteroatoms. The molecule has 4 heterocycles. The molecule has 2 atom stereocenters. The summed E-state index contributed by atoms with van der Waals surface area (Å²) in [4.78, 5) is 17.5. The zero-order valence-electron chi connectivity index (χ0n) is 19.8. The summed E-state index contributed by atoms with van der Waals surface area (Å²) in [6, 6.07) is 17.2. The highest BCUT2D eigenvalue weighted by Gasteiger charge is 2.47. The molecule has 0 amide bonds. The molecule has 0 saturated heterocycles. The van der Waals surface area contributed by atoms with Gasteiger partial charge < -0.3 is 14.6 Å². The topological polar surface area (TPSA) is 56.2 Å². The molecule has 2 aromatic heterocycles. The maximum atomic E-state index is 12.6. The molecule has 0 saturated carbocycles. The predicted molar refractivity (Wildman–Crippen MR) is 132 cm³/mol. The summed E-state index contributed by atoms with van der Waals surface area (Å²) in [6.45, 7) is 10.1. The Hall–Kier alpha value is -3.34. The molecule has 1 N–H and O–H groups in total. The van der Waals surface area contributed by atoms with Gasteiger partial charge >= 0.3 is 5.97 Å². The summed E-state index contributed by atoms with van der Waals surface area (Å²) in [5, 5.41) is 6.04. The lowest BCUT2D eigenvalue weighted by atomic mass is 9.65. The number of carbonyl (C=O) groups excluding carboxylic acids is 1. The average Bonchev–Trinajstić information content (AvgIpc) is 3.13. The number of nitrogens with one attached hydrogen (secondary N) is 1. The standard InChI is InChI=1S/C28H29N3O2/c1-15(2)16-10-11-21-19(12-16)28(3,4)20-14-31-23-9-7-6-8-17(23)18-13-22(27(32)33-5)30-25(26(18)31)24(20)29-21/h6-13,15,20,24,29H,14H2,1-5H3. The van der Waals surface area contributed by atoms with Gasteiger partial charge in [0, 0.05) is 34.4 Å². The molecule has 4 aromatic rings. The largest absolute Gasteiger partial charge is 0.464 e. The van der Waals surface area contributed by atoms with E-state index in [1.807, 2.05) is 6.07 Å². The molecule has 2 aliphatic heterocycles. The van der Waals surface area contributed by atoms with E-state index in [4.69, 9.17) is 9.72 Å². The number of benzene rings is 2. The van der Waals surface area contributed by atoms with Crippen molar-refractivity contribution in [1.82, 2.24) is 9.55 Å². The summed E-state index contributed by atoms with van der Waals surface area (Å²) in [7, 11) is 1.41. The molecule has 2 aromatic carbocycles. The Bertz CT molecular complexity index is 1450. The molecule has 0 radical (unpaired) electrons. The number of pyridine rings is 1. The lowest BCUT2D eigenvalue weighted by Crippen LogP contribution is -2.45. The first-order valence-corrected chi connectivity index (χ1v) is 11.7. The van der Waals surface area contributed by atoms with Crippen molar-refractivity contribution in [2.24, 2.45) is 5.92 Å². The summed E-state index contributed by atoms with van der Waals surface area (Å²) in [5.74, 6) is 0.358. The van der Waals surface area contributed by atoms with Crippen LogP contribution in [-0.4, -0.2) is 22.6 Å². The van der Waals surface area contributed by atoms with Crippen molar-refractivity contribution in [3.8, 4) is 0 Å². The number of rotatable bonds is 2. The van der Waals surface area contributed by atoms with Gasteiger partial charge in [0.2, 0.25) is 0 Å². The van der Waals surface area contributed by atoms with E-state index in [2.05, 4.69) is 80.0 Å². The van der Waals surface area contributed by atoms with E-state index in [-0.39, 0.29) is 17.4 Å². The van der Waals surface area contributed by atoms with Crippen LogP contribution >= 0.6 is 0 Å². The van der Waals surface area contributed by atoms with Crippen molar-refractivity contribution in [2.45, 2.75) is 51.6 Å². The van der Waals surface area contributed by atoms with Crippen molar-refractivity contribution < 1.29 is 9.53 Å². The number of esters is 1. The molecule has 0 spiro atoms. The maximum Gasteiger partial charge on any atom is 0.356 e. The van der Waals surface area contributed by atoms with Crippen LogP contribution in [-0.2, 0) is 16.7 Å². The van der Waals surface area contributed by atoms with Crippen LogP contribution in [0.3, 0.4) is 0 Å². The van der Waals surface area contributed by atoms with Crippen LogP contribution in [0.5, 0.6) is 0 Å². The van der Waals surface area contributed by atoms with Crippen LogP contribution in [0.1, 0.15) is 67.0 Å². The second-order valence-corrected chi connectivity index (χ2v) is 10.3. The highest BCUT2D eigenvalue weighted by atomic mass is 16.5. The highest BCUT2D eigenvalue weighted by molar-refractivity contribution is 6.11. The number of ether oxygens (including phenoxy) is 1. The minimum absolute atomic E-state index is 0.0151. The molecule has 0 fully saturated rings. The van der Waals surface area contributed by atoms with Gasteiger partial charge in [-0.25, -0.2) is 9.78 Å². The van der Waals surface area contributed by atoms with Crippen molar-refractivity contribution in [1.29, 1.82) is 0 Å². The number of hydrogen-bond donors (Lipinski definition) is 1. The smallest absolute Gasteiger partial charge is 0.356 e. The van der Waals surface area contributed by atoms with Gasteiger partial charge in [0.1, 0.15) is 5.69 Å². The Labute approximate surface area is 193 Å². The van der Waals surface area contributed by atoms with E-state index >= 15 is 0 Å². The second-order valence-electron chi connectivity index (χ2n) is 10.3. The van der Waals surface area contributed by atoms with E-state index in [1.165, 1.54) is 23.8 Å². The fraction of sp³-hybridized carbons (Fsp3) is 0.357. The number of fused-ring (bicyclic) bond motifs is 6. The third kappa shape index (κ3) is 2.71. The Morgan fingerprint density at radius 1 is 1.15 bits per heavy atom. The van der Waals surface area contributed by atoms with Crippen LogP contribution in [0.2, 0.25) is 0 Å². The van der Waals surface area contributed by atoms with Gasteiger partial charge in [0.25, 0.3) is 0 Å². The van der Waals surface area contributed by atoms with Crippen molar-refractivity contribution in [2.75, 3.05) is 12.4 Å². The highest BCUT2D eigenvalue weighted by Crippen LogP contribution is 2.53. The van der Waals surface area contributed by atoms with Crippen LogP contribution < -0.4 is 5.32 Å². The van der Waals surface area contributed by atoms with Gasteiger partial charge in [-0.3, -0.25) is 0 Å². The normalized spacial score (nSPS) is 20.4. The summed E-state index contributed by atoms with van der Waals surface area (Å²) in [5.41, 5.74) is 7.41. The third-order valence-corrected chi connectivity index (χ3v) is 7.89. The molecular formula is C28H29N3O2. The number of methoxy groups -OCH3 is 1. The molecule has 168 valence electrons. The first-order chi connectivity index (χ1) is 15.8. The van der Waals surface area contributed by atoms with Crippen LogP contribution in [0.4, 0.5) is 5.69 Å². The van der Waals surface area contributed by atoms with Crippen molar-refractivity contribution >= 4 is 33.5 Å². The Morgan fingerprint density at radius 2 is 1.94 bits per heavy atom. The molecule has 0 aliphatic carbocycles. The minimum Gasteiger partial charge on any atom is -0.464 e. The molecule has 0 bridgehead atoms. The lowest BCUT2D eigenvalue weighted by molar-refractivity contribution is 0.0593. The second kappa shape index (κ2) is 6.83. The van der Waals surface area contributed by atoms with E-state index in [0.29, 0.717) is 11.6 Å². The van der Waals surface area contributed by atoms with Gasteiger partial charge in [0.15, 0.2) is 0 Å². The fourth-order valence-corrected chi connectivity index (χ4v) is 5.97. The molecule has 5 nitrogen and oxygen atoms in total. The monoisotopic (exact) mass is 439 g/mol. The number of anilines is 1. The van der Waals surface area contributed by atoms with E-state index in [1.54, 1.807) is 0 Å². The van der Waals surface area contributed by atoms with E-state index < -0.39 is 5.97 Å². The lowest BCUT2D eigenvalue weighted by Gasteiger charge is -2.48. The molecule has 6 rings (SSSR count). The van der Waals surface area contributed by atoms with Crippen molar-refractivity contribution in [3.05, 3.63) is 71.0 Å². The fourth-order valence-electron chi connectivity index (χ4n) is 5.97. The SMILES string of the molecule is COC(=O)c1cc2c3ccccc3n3c2c(n1)C1Nc2ccc(C(C)C)cc2C(C)(C)C1C3.